The van der Waals surface area contributed by atoms with Crippen molar-refractivity contribution in [3.8, 4) is 11.5 Å². The molecule has 3 aliphatic heterocycles. The van der Waals surface area contributed by atoms with Crippen molar-refractivity contribution >= 4 is 35.0 Å². The van der Waals surface area contributed by atoms with Crippen molar-refractivity contribution < 1.29 is 24.6 Å². The molecule has 2 unspecified atom stereocenters. The van der Waals surface area contributed by atoms with E-state index in [1.807, 2.05) is 13.0 Å². The molecule has 9 heteroatoms. The molecule has 8 nitrogen and oxygen atoms in total. The molecule has 36 heavy (non-hydrogen) atoms. The lowest BCUT2D eigenvalue weighted by Crippen LogP contribution is -2.54. The van der Waals surface area contributed by atoms with Crippen LogP contribution in [0.1, 0.15) is 48.8 Å². The van der Waals surface area contributed by atoms with E-state index in [0.29, 0.717) is 21.8 Å². The van der Waals surface area contributed by atoms with Gasteiger partial charge < -0.3 is 15.5 Å². The largest absolute Gasteiger partial charge is 0.504 e. The van der Waals surface area contributed by atoms with Gasteiger partial charge in [-0.05, 0) is 55.5 Å². The lowest BCUT2D eigenvalue weighted by Gasteiger charge is -2.34. The van der Waals surface area contributed by atoms with Crippen molar-refractivity contribution in [3.05, 3.63) is 52.0 Å². The molecular formula is C27H28ClN3O5. The second kappa shape index (κ2) is 8.21. The molecule has 1 spiro atoms. The smallest absolute Gasteiger partial charge is 0.250 e. The Kier molecular flexibility index (Phi) is 5.32. The minimum absolute atomic E-state index is 0.148. The summed E-state index contributed by atoms with van der Waals surface area (Å²) in [6.07, 6.45) is 4.87. The van der Waals surface area contributed by atoms with Gasteiger partial charge in [0.05, 0.1) is 22.5 Å². The van der Waals surface area contributed by atoms with Gasteiger partial charge >= 0.3 is 0 Å². The molecule has 2 aromatic rings. The highest BCUT2D eigenvalue weighted by Crippen LogP contribution is 2.55. The Labute approximate surface area is 213 Å². The van der Waals surface area contributed by atoms with Gasteiger partial charge in [-0.15, -0.1) is 0 Å². The number of phenolic OH excluding ortho intramolecular Hbond substituents is 2. The molecule has 3 fully saturated rings. The summed E-state index contributed by atoms with van der Waals surface area (Å²) in [5.74, 6) is -3.08. The van der Waals surface area contributed by atoms with Crippen molar-refractivity contribution in [2.45, 2.75) is 63.1 Å². The van der Waals surface area contributed by atoms with Crippen LogP contribution in [0, 0.1) is 18.8 Å². The summed E-state index contributed by atoms with van der Waals surface area (Å²) >= 11 is 6.50. The highest BCUT2D eigenvalue weighted by Gasteiger charge is 2.71. The Morgan fingerprint density at radius 2 is 1.78 bits per heavy atom. The van der Waals surface area contributed by atoms with E-state index in [1.165, 1.54) is 17.0 Å². The quantitative estimate of drug-likeness (QED) is 0.372. The molecule has 3 amide bonds. The number of carbonyl (C=O) groups is 3. The van der Waals surface area contributed by atoms with Gasteiger partial charge in [0.2, 0.25) is 17.7 Å². The molecule has 1 saturated carbocycles. The van der Waals surface area contributed by atoms with Gasteiger partial charge in [0, 0.05) is 17.6 Å². The zero-order chi connectivity index (χ0) is 25.4. The molecule has 0 radical (unpaired) electrons. The minimum atomic E-state index is -1.42. The molecule has 4 N–H and O–H groups in total. The van der Waals surface area contributed by atoms with Crippen molar-refractivity contribution in [2.24, 2.45) is 11.8 Å². The molecule has 4 aliphatic rings. The number of halogens is 1. The lowest BCUT2D eigenvalue weighted by atomic mass is 9.76. The summed E-state index contributed by atoms with van der Waals surface area (Å²) in [7, 11) is 0. The molecular weight excluding hydrogens is 482 g/mol. The fourth-order valence-corrected chi connectivity index (χ4v) is 7.16. The third-order valence-electron chi connectivity index (χ3n) is 8.39. The Morgan fingerprint density at radius 1 is 1.03 bits per heavy atom. The van der Waals surface area contributed by atoms with E-state index in [0.717, 1.165) is 37.7 Å². The summed E-state index contributed by atoms with van der Waals surface area (Å²) in [6.45, 7) is 1.88. The molecule has 2 saturated heterocycles. The van der Waals surface area contributed by atoms with Gasteiger partial charge in [0.1, 0.15) is 5.54 Å². The standard InChI is InChI=1S/C27H28ClN3O5/c1-13-9-16-23(17(28)10-13)29-26(36)27(16)22-21(18(30-27)11-14-7-8-19(32)20(33)12-14)24(34)31(25(22)35)15-5-3-2-4-6-15/h7-10,12,15,18,21-22,30,32-33H,2-6,11H2,1H3,(H,29,36)/t18?,21-,22+,27?/m1/s1. The summed E-state index contributed by atoms with van der Waals surface area (Å²) < 4.78 is 0. The van der Waals surface area contributed by atoms with Gasteiger partial charge in [-0.2, -0.15) is 0 Å². The Balaban J connectivity index is 1.48. The third-order valence-corrected chi connectivity index (χ3v) is 8.69. The lowest BCUT2D eigenvalue weighted by molar-refractivity contribution is -0.146. The first-order valence-corrected chi connectivity index (χ1v) is 12.9. The van der Waals surface area contributed by atoms with Crippen LogP contribution in [0.4, 0.5) is 5.69 Å². The highest BCUT2D eigenvalue weighted by atomic mass is 35.5. The van der Waals surface area contributed by atoms with Crippen molar-refractivity contribution in [1.29, 1.82) is 0 Å². The first-order valence-electron chi connectivity index (χ1n) is 12.5. The van der Waals surface area contributed by atoms with E-state index in [1.54, 1.807) is 12.1 Å². The number of fused-ring (bicyclic) bond motifs is 4. The number of aromatic hydroxyl groups is 2. The number of aryl methyl sites for hydroxylation is 1. The van der Waals surface area contributed by atoms with Crippen LogP contribution in [-0.4, -0.2) is 44.9 Å². The number of rotatable bonds is 3. The van der Waals surface area contributed by atoms with Crippen molar-refractivity contribution in [3.63, 3.8) is 0 Å². The van der Waals surface area contributed by atoms with E-state index >= 15 is 0 Å². The summed E-state index contributed by atoms with van der Waals surface area (Å²) in [5.41, 5.74) is 1.17. The summed E-state index contributed by atoms with van der Waals surface area (Å²) in [5, 5.41) is 26.4. The molecule has 188 valence electrons. The number of phenols is 2. The van der Waals surface area contributed by atoms with Crippen LogP contribution in [0.15, 0.2) is 30.3 Å². The molecule has 6 rings (SSSR count). The highest BCUT2D eigenvalue weighted by molar-refractivity contribution is 6.35. The van der Waals surface area contributed by atoms with E-state index in [4.69, 9.17) is 11.6 Å². The van der Waals surface area contributed by atoms with Crippen LogP contribution >= 0.6 is 11.6 Å². The van der Waals surface area contributed by atoms with E-state index < -0.39 is 23.4 Å². The molecule has 2 aromatic carbocycles. The van der Waals surface area contributed by atoms with Crippen molar-refractivity contribution in [2.75, 3.05) is 5.32 Å². The van der Waals surface area contributed by atoms with E-state index in [9.17, 15) is 24.6 Å². The fraction of sp³-hybridized carbons (Fsp3) is 0.444. The van der Waals surface area contributed by atoms with Gasteiger partial charge in [-0.25, -0.2) is 0 Å². The van der Waals surface area contributed by atoms with E-state index in [-0.39, 0.29) is 41.7 Å². The predicted molar refractivity (Wildman–Crippen MR) is 133 cm³/mol. The predicted octanol–water partition coefficient (Wildman–Crippen LogP) is 3.36. The Bertz CT molecular complexity index is 1310. The number of carbonyl (C=O) groups excluding carboxylic acids is 3. The number of anilines is 1. The van der Waals surface area contributed by atoms with Crippen LogP contribution < -0.4 is 10.6 Å². The monoisotopic (exact) mass is 509 g/mol. The number of amides is 3. The molecule has 4 atom stereocenters. The number of nitrogens with one attached hydrogen (secondary N) is 2. The number of hydrogen-bond acceptors (Lipinski definition) is 6. The zero-order valence-corrected chi connectivity index (χ0v) is 20.6. The van der Waals surface area contributed by atoms with Gasteiger partial charge in [0.25, 0.3) is 0 Å². The van der Waals surface area contributed by atoms with Crippen LogP contribution in [0.5, 0.6) is 11.5 Å². The Morgan fingerprint density at radius 3 is 2.50 bits per heavy atom. The first kappa shape index (κ1) is 23.3. The van der Waals surface area contributed by atoms with Gasteiger partial charge in [-0.3, -0.25) is 24.6 Å². The maximum Gasteiger partial charge on any atom is 0.250 e. The summed E-state index contributed by atoms with van der Waals surface area (Å²) in [6, 6.07) is 7.44. The maximum absolute atomic E-state index is 14.1. The van der Waals surface area contributed by atoms with Crippen LogP contribution in [0.2, 0.25) is 5.02 Å². The molecule has 0 aromatic heterocycles. The second-order valence-electron chi connectivity index (χ2n) is 10.6. The van der Waals surface area contributed by atoms with Crippen LogP contribution in [-0.2, 0) is 26.3 Å². The normalized spacial score (nSPS) is 29.7. The van der Waals surface area contributed by atoms with E-state index in [2.05, 4.69) is 10.6 Å². The molecule has 0 bridgehead atoms. The maximum atomic E-state index is 14.1. The Hall–Kier alpha value is -3.10. The average Bonchev–Trinajstić information content (AvgIpc) is 3.42. The number of imide groups is 1. The number of nitrogens with zero attached hydrogens (tertiary/aromatic N) is 1. The van der Waals surface area contributed by atoms with Gasteiger partial charge in [-0.1, -0.05) is 43.0 Å². The van der Waals surface area contributed by atoms with Crippen LogP contribution in [0.3, 0.4) is 0 Å². The molecule has 3 heterocycles. The number of hydrogen-bond donors (Lipinski definition) is 4. The van der Waals surface area contributed by atoms with Gasteiger partial charge in [0.15, 0.2) is 11.5 Å². The topological polar surface area (TPSA) is 119 Å². The second-order valence-corrected chi connectivity index (χ2v) is 11.0. The summed E-state index contributed by atoms with van der Waals surface area (Å²) in [4.78, 5) is 43.1. The van der Waals surface area contributed by atoms with Crippen molar-refractivity contribution in [1.82, 2.24) is 10.2 Å². The number of likely N-dealkylation sites (tertiary alicyclic amines) is 1. The minimum Gasteiger partial charge on any atom is -0.504 e. The first-order chi connectivity index (χ1) is 17.2. The van der Waals surface area contributed by atoms with Crippen LogP contribution in [0.25, 0.3) is 0 Å². The SMILES string of the molecule is Cc1cc(Cl)c2c(c1)C1(NC(Cc3ccc(O)c(O)c3)[C@H]3C(=O)N(C4CCCCC4)C(=O)[C@H]31)C(=O)N2. The third kappa shape index (κ3) is 3.20. The molecule has 1 aliphatic carbocycles. The zero-order valence-electron chi connectivity index (χ0n) is 19.9. The fourth-order valence-electron chi connectivity index (χ4n) is 6.84. The average molecular weight is 510 g/mol. The number of benzene rings is 2.